The topological polar surface area (TPSA) is 110 Å². The molecule has 0 spiro atoms. The number of carbonyl (C=O) groups is 2. The number of para-hydroxylation sites is 1. The Kier molecular flexibility index (Phi) is 6.62. The van der Waals surface area contributed by atoms with Gasteiger partial charge in [-0.1, -0.05) is 65.6 Å². The van der Waals surface area contributed by atoms with Crippen LogP contribution < -0.4 is 16.4 Å². The average Bonchev–Trinajstić information content (AvgIpc) is 3.12. The van der Waals surface area contributed by atoms with Crippen molar-refractivity contribution in [2.75, 3.05) is 16.8 Å². The number of hydrogen-bond donors (Lipinski definition) is 3. The molecule has 0 bridgehead atoms. The van der Waals surface area contributed by atoms with Crippen molar-refractivity contribution in [3.63, 3.8) is 0 Å². The predicted octanol–water partition coefficient (Wildman–Crippen LogP) is 3.34. The third-order valence-electron chi connectivity index (χ3n) is 3.84. The Hall–Kier alpha value is -2.91. The molecule has 1 aromatic heterocycles. The van der Waals surface area contributed by atoms with Crippen LogP contribution in [0.25, 0.3) is 0 Å². The maximum absolute atomic E-state index is 12.7. The molecule has 28 heavy (non-hydrogen) atoms. The van der Waals surface area contributed by atoms with E-state index >= 15 is 0 Å². The Balaban J connectivity index is 1.63. The molecule has 0 unspecified atom stereocenters. The zero-order valence-corrected chi connectivity index (χ0v) is 16.7. The van der Waals surface area contributed by atoms with Gasteiger partial charge in [-0.25, -0.2) is 0 Å². The fraction of sp³-hybridized carbons (Fsp3) is 0.158. The molecule has 3 aromatic rings. The Bertz CT molecular complexity index is 962. The molecule has 0 aliphatic heterocycles. The molecular weight excluding hydrogens is 394 g/mol. The van der Waals surface area contributed by atoms with Gasteiger partial charge in [0, 0.05) is 0 Å². The normalized spacial score (nSPS) is 11.6. The molecule has 3 rings (SSSR count). The van der Waals surface area contributed by atoms with Gasteiger partial charge in [-0.3, -0.25) is 9.59 Å². The minimum absolute atomic E-state index is 0.144. The van der Waals surface area contributed by atoms with Gasteiger partial charge in [-0.05, 0) is 24.6 Å². The minimum Gasteiger partial charge on any atom is -0.374 e. The number of thioether (sulfide) groups is 1. The summed E-state index contributed by atoms with van der Waals surface area (Å²) in [4.78, 5) is 25.0. The molecule has 1 heterocycles. The van der Waals surface area contributed by atoms with E-state index in [1.54, 1.807) is 24.3 Å². The molecule has 7 nitrogen and oxygen atoms in total. The first-order chi connectivity index (χ1) is 13.5. The van der Waals surface area contributed by atoms with Gasteiger partial charge in [0.1, 0.15) is 0 Å². The standard InChI is InChI=1S/C19H19N5O2S2/c1-12(13-7-3-2-4-8-13)21-17(26)14-9-5-6-10-15(14)22-16(25)11-27-19-24-23-18(20)28-19/h2-10,12H,11H2,1H3,(H2,20,23)(H,21,26)(H,22,25)/t12-/m1/s1. The molecule has 0 saturated heterocycles. The summed E-state index contributed by atoms with van der Waals surface area (Å²) in [6, 6.07) is 16.4. The van der Waals surface area contributed by atoms with E-state index in [2.05, 4.69) is 20.8 Å². The number of hydrogen-bond acceptors (Lipinski definition) is 7. The van der Waals surface area contributed by atoms with Crippen molar-refractivity contribution in [3.05, 3.63) is 65.7 Å². The smallest absolute Gasteiger partial charge is 0.253 e. The highest BCUT2D eigenvalue weighted by Crippen LogP contribution is 2.24. The number of rotatable bonds is 7. The molecule has 1 atom stereocenters. The van der Waals surface area contributed by atoms with E-state index in [0.29, 0.717) is 20.7 Å². The predicted molar refractivity (Wildman–Crippen MR) is 112 cm³/mol. The molecule has 0 saturated carbocycles. The van der Waals surface area contributed by atoms with Crippen molar-refractivity contribution in [2.24, 2.45) is 0 Å². The second-order valence-electron chi connectivity index (χ2n) is 5.89. The van der Waals surface area contributed by atoms with Crippen molar-refractivity contribution in [3.8, 4) is 0 Å². The molecule has 0 fully saturated rings. The lowest BCUT2D eigenvalue weighted by atomic mass is 10.1. The molecule has 0 radical (unpaired) electrons. The van der Waals surface area contributed by atoms with Gasteiger partial charge in [0.2, 0.25) is 11.0 Å². The summed E-state index contributed by atoms with van der Waals surface area (Å²) in [6.07, 6.45) is 0. The van der Waals surface area contributed by atoms with Crippen molar-refractivity contribution in [1.29, 1.82) is 0 Å². The molecule has 2 aromatic carbocycles. The number of nitrogens with two attached hydrogens (primary N) is 1. The van der Waals surface area contributed by atoms with Crippen LogP contribution in [0.4, 0.5) is 10.8 Å². The average molecular weight is 414 g/mol. The summed E-state index contributed by atoms with van der Waals surface area (Å²) in [5.74, 6) is -0.350. The maximum Gasteiger partial charge on any atom is 0.253 e. The maximum atomic E-state index is 12.7. The highest BCUT2D eigenvalue weighted by Gasteiger charge is 2.16. The number of anilines is 2. The molecule has 2 amide bonds. The first-order valence-electron chi connectivity index (χ1n) is 8.49. The molecule has 144 valence electrons. The van der Waals surface area contributed by atoms with Gasteiger partial charge in [0.05, 0.1) is 23.0 Å². The summed E-state index contributed by atoms with van der Waals surface area (Å²) in [7, 11) is 0. The zero-order chi connectivity index (χ0) is 19.9. The number of benzene rings is 2. The SMILES string of the molecule is C[C@@H](NC(=O)c1ccccc1NC(=O)CSc1nnc(N)s1)c1ccccc1. The fourth-order valence-corrected chi connectivity index (χ4v) is 3.92. The summed E-state index contributed by atoms with van der Waals surface area (Å²) in [5, 5.41) is 13.7. The van der Waals surface area contributed by atoms with Crippen LogP contribution in [0, 0.1) is 0 Å². The number of nitrogen functional groups attached to an aromatic ring is 1. The highest BCUT2D eigenvalue weighted by atomic mass is 32.2. The van der Waals surface area contributed by atoms with Crippen molar-refractivity contribution in [1.82, 2.24) is 15.5 Å². The van der Waals surface area contributed by atoms with E-state index in [9.17, 15) is 9.59 Å². The van der Waals surface area contributed by atoms with Crippen molar-refractivity contribution >= 4 is 45.7 Å². The second kappa shape index (κ2) is 9.34. The van der Waals surface area contributed by atoms with E-state index < -0.39 is 0 Å². The zero-order valence-electron chi connectivity index (χ0n) is 15.1. The van der Waals surface area contributed by atoms with Crippen LogP contribution in [0.1, 0.15) is 28.9 Å². The Morgan fingerprint density at radius 3 is 2.54 bits per heavy atom. The Morgan fingerprint density at radius 2 is 1.82 bits per heavy atom. The Morgan fingerprint density at radius 1 is 1.11 bits per heavy atom. The third-order valence-corrected chi connectivity index (χ3v) is 5.73. The summed E-state index contributed by atoms with van der Waals surface area (Å²) in [6.45, 7) is 1.92. The number of amides is 2. The quantitative estimate of drug-likeness (QED) is 0.513. The van der Waals surface area contributed by atoms with E-state index in [4.69, 9.17) is 5.73 Å². The van der Waals surface area contributed by atoms with Gasteiger partial charge in [-0.15, -0.1) is 10.2 Å². The van der Waals surface area contributed by atoms with Gasteiger partial charge in [0.15, 0.2) is 4.34 Å². The van der Waals surface area contributed by atoms with Gasteiger partial charge >= 0.3 is 0 Å². The lowest BCUT2D eigenvalue weighted by molar-refractivity contribution is -0.113. The minimum atomic E-state index is -0.253. The van der Waals surface area contributed by atoms with Crippen LogP contribution in [-0.2, 0) is 4.79 Å². The van der Waals surface area contributed by atoms with Crippen molar-refractivity contribution in [2.45, 2.75) is 17.3 Å². The first-order valence-corrected chi connectivity index (χ1v) is 10.3. The molecule has 0 aliphatic carbocycles. The number of aromatic nitrogens is 2. The van der Waals surface area contributed by atoms with Gasteiger partial charge in [0.25, 0.3) is 5.91 Å². The van der Waals surface area contributed by atoms with Crippen LogP contribution in [0.5, 0.6) is 0 Å². The van der Waals surface area contributed by atoms with E-state index in [-0.39, 0.29) is 23.6 Å². The second-order valence-corrected chi connectivity index (χ2v) is 8.13. The van der Waals surface area contributed by atoms with Gasteiger partial charge in [-0.2, -0.15) is 0 Å². The van der Waals surface area contributed by atoms with Gasteiger partial charge < -0.3 is 16.4 Å². The summed E-state index contributed by atoms with van der Waals surface area (Å²) < 4.78 is 0.621. The van der Waals surface area contributed by atoms with Crippen molar-refractivity contribution < 1.29 is 9.59 Å². The Labute approximate surface area is 170 Å². The number of nitrogens with zero attached hydrogens (tertiary/aromatic N) is 2. The van der Waals surface area contributed by atoms with E-state index in [0.717, 1.165) is 5.56 Å². The van der Waals surface area contributed by atoms with Crippen LogP contribution in [0.15, 0.2) is 58.9 Å². The fourth-order valence-electron chi connectivity index (χ4n) is 2.48. The van der Waals surface area contributed by atoms with Crippen LogP contribution in [0.2, 0.25) is 0 Å². The van der Waals surface area contributed by atoms with Crippen LogP contribution >= 0.6 is 23.1 Å². The summed E-state index contributed by atoms with van der Waals surface area (Å²) in [5.41, 5.74) is 7.40. The molecule has 4 N–H and O–H groups in total. The molecule has 9 heteroatoms. The first kappa shape index (κ1) is 19.8. The number of nitrogens with one attached hydrogen (secondary N) is 2. The monoisotopic (exact) mass is 413 g/mol. The lowest BCUT2D eigenvalue weighted by Gasteiger charge is -2.16. The highest BCUT2D eigenvalue weighted by molar-refractivity contribution is 8.01. The number of carbonyl (C=O) groups excluding carboxylic acids is 2. The molecular formula is C19H19N5O2S2. The van der Waals surface area contributed by atoms with Crippen LogP contribution in [-0.4, -0.2) is 27.8 Å². The largest absolute Gasteiger partial charge is 0.374 e. The van der Waals surface area contributed by atoms with E-state index in [1.165, 1.54) is 23.1 Å². The van der Waals surface area contributed by atoms with Crippen LogP contribution in [0.3, 0.4) is 0 Å². The lowest BCUT2D eigenvalue weighted by Crippen LogP contribution is -2.28. The third kappa shape index (κ3) is 5.30. The summed E-state index contributed by atoms with van der Waals surface area (Å²) >= 11 is 2.47. The molecule has 0 aliphatic rings. The van der Waals surface area contributed by atoms with E-state index in [1.807, 2.05) is 37.3 Å².